The lowest BCUT2D eigenvalue weighted by Crippen LogP contribution is -2.40. The molecule has 0 aliphatic rings. The highest BCUT2D eigenvalue weighted by molar-refractivity contribution is 5.99. The van der Waals surface area contributed by atoms with Crippen molar-refractivity contribution in [1.29, 1.82) is 5.26 Å². The van der Waals surface area contributed by atoms with Gasteiger partial charge in [0.25, 0.3) is 0 Å². The zero-order valence-electron chi connectivity index (χ0n) is 13.2. The van der Waals surface area contributed by atoms with Crippen LogP contribution in [0.3, 0.4) is 0 Å². The Hall–Kier alpha value is -3.39. The van der Waals surface area contributed by atoms with Gasteiger partial charge in [-0.05, 0) is 36.8 Å². The van der Waals surface area contributed by atoms with E-state index in [2.05, 4.69) is 10.6 Å². The summed E-state index contributed by atoms with van der Waals surface area (Å²) in [4.78, 5) is 24.0. The number of hydrogen-bond acceptors (Lipinski definition) is 3. The zero-order chi connectivity index (χ0) is 17.4. The Kier molecular flexibility index (Phi) is 5.87. The van der Waals surface area contributed by atoms with Crippen LogP contribution in [0.25, 0.3) is 6.08 Å². The molecule has 0 bridgehead atoms. The molecule has 1 atom stereocenters. The maximum Gasteiger partial charge on any atom is 0.246 e. The molecule has 24 heavy (non-hydrogen) atoms. The number of anilines is 1. The van der Waals surface area contributed by atoms with Gasteiger partial charge in [-0.1, -0.05) is 36.4 Å². The summed E-state index contributed by atoms with van der Waals surface area (Å²) in [5.41, 5.74) is 1.87. The number of carbonyl (C=O) groups is 2. The number of hydrogen-bond donors (Lipinski definition) is 2. The van der Waals surface area contributed by atoms with E-state index >= 15 is 0 Å². The number of nitriles is 1. The van der Waals surface area contributed by atoms with Crippen molar-refractivity contribution in [2.75, 3.05) is 5.32 Å². The van der Waals surface area contributed by atoms with E-state index in [0.29, 0.717) is 11.3 Å². The monoisotopic (exact) mass is 319 g/mol. The molecule has 0 aliphatic carbocycles. The quantitative estimate of drug-likeness (QED) is 0.831. The van der Waals surface area contributed by atoms with Crippen LogP contribution in [-0.2, 0) is 9.59 Å². The van der Waals surface area contributed by atoms with E-state index in [1.807, 2.05) is 36.4 Å². The molecule has 2 rings (SSSR count). The Labute approximate surface area is 140 Å². The number of nitrogens with one attached hydrogen (secondary N) is 2. The molecule has 5 heteroatoms. The molecule has 120 valence electrons. The minimum atomic E-state index is -0.705. The van der Waals surface area contributed by atoms with Crippen LogP contribution in [0, 0.1) is 11.3 Å². The Bertz CT molecular complexity index is 792. The first-order chi connectivity index (χ1) is 11.6. The van der Waals surface area contributed by atoms with Gasteiger partial charge in [-0.2, -0.15) is 5.26 Å². The van der Waals surface area contributed by atoms with E-state index < -0.39 is 6.04 Å². The van der Waals surface area contributed by atoms with Crippen molar-refractivity contribution in [3.63, 3.8) is 0 Å². The second-order valence-corrected chi connectivity index (χ2v) is 5.16. The average molecular weight is 319 g/mol. The van der Waals surface area contributed by atoms with Gasteiger partial charge < -0.3 is 10.6 Å². The summed E-state index contributed by atoms with van der Waals surface area (Å²) in [6.45, 7) is 1.59. The number of rotatable bonds is 5. The van der Waals surface area contributed by atoms with E-state index in [0.717, 1.165) is 5.56 Å². The van der Waals surface area contributed by atoms with E-state index in [4.69, 9.17) is 5.26 Å². The molecule has 0 fully saturated rings. The topological polar surface area (TPSA) is 82.0 Å². The Morgan fingerprint density at radius 2 is 1.88 bits per heavy atom. The summed E-state index contributed by atoms with van der Waals surface area (Å²) >= 11 is 0. The van der Waals surface area contributed by atoms with Gasteiger partial charge in [0.15, 0.2) is 0 Å². The maximum absolute atomic E-state index is 12.1. The third-order valence-corrected chi connectivity index (χ3v) is 3.24. The first kappa shape index (κ1) is 17.0. The minimum Gasteiger partial charge on any atom is -0.341 e. The first-order valence-electron chi connectivity index (χ1n) is 7.43. The van der Waals surface area contributed by atoms with Gasteiger partial charge in [-0.15, -0.1) is 0 Å². The second kappa shape index (κ2) is 8.30. The van der Waals surface area contributed by atoms with Gasteiger partial charge in [0.05, 0.1) is 11.6 Å². The van der Waals surface area contributed by atoms with E-state index in [1.54, 1.807) is 37.3 Å². The highest BCUT2D eigenvalue weighted by Crippen LogP contribution is 2.10. The fraction of sp³-hybridized carbons (Fsp3) is 0.105. The van der Waals surface area contributed by atoms with Crippen molar-refractivity contribution < 1.29 is 9.59 Å². The fourth-order valence-electron chi connectivity index (χ4n) is 1.98. The Morgan fingerprint density at radius 1 is 1.12 bits per heavy atom. The summed E-state index contributed by atoms with van der Waals surface area (Å²) in [6, 6.07) is 17.3. The van der Waals surface area contributed by atoms with Crippen molar-refractivity contribution in [3.8, 4) is 6.07 Å². The van der Waals surface area contributed by atoms with Crippen LogP contribution >= 0.6 is 0 Å². The van der Waals surface area contributed by atoms with Gasteiger partial charge >= 0.3 is 0 Å². The zero-order valence-corrected chi connectivity index (χ0v) is 13.2. The summed E-state index contributed by atoms with van der Waals surface area (Å²) in [5, 5.41) is 14.1. The molecule has 2 aromatic rings. The van der Waals surface area contributed by atoms with E-state index in [-0.39, 0.29) is 11.8 Å². The maximum atomic E-state index is 12.1. The molecule has 0 aromatic heterocycles. The summed E-state index contributed by atoms with van der Waals surface area (Å²) in [5.74, 6) is -0.709. The predicted molar refractivity (Wildman–Crippen MR) is 92.9 cm³/mol. The molecular formula is C19H17N3O2. The van der Waals surface area contributed by atoms with Crippen LogP contribution < -0.4 is 10.6 Å². The lowest BCUT2D eigenvalue weighted by Gasteiger charge is -2.13. The summed E-state index contributed by atoms with van der Waals surface area (Å²) in [7, 11) is 0. The first-order valence-corrected chi connectivity index (χ1v) is 7.43. The number of carbonyl (C=O) groups excluding carboxylic acids is 2. The molecule has 0 aliphatic heterocycles. The van der Waals surface area contributed by atoms with Crippen LogP contribution in [0.4, 0.5) is 5.69 Å². The largest absolute Gasteiger partial charge is 0.341 e. The molecule has 0 saturated carbocycles. The third-order valence-electron chi connectivity index (χ3n) is 3.24. The van der Waals surface area contributed by atoms with Gasteiger partial charge in [0.2, 0.25) is 11.8 Å². The molecule has 0 spiro atoms. The third kappa shape index (κ3) is 5.11. The number of nitrogens with zero attached hydrogens (tertiary/aromatic N) is 1. The molecule has 0 unspecified atom stereocenters. The minimum absolute atomic E-state index is 0.354. The van der Waals surface area contributed by atoms with Crippen LogP contribution in [0.1, 0.15) is 18.1 Å². The van der Waals surface area contributed by atoms with Crippen LogP contribution in [0.5, 0.6) is 0 Å². The Morgan fingerprint density at radius 3 is 2.58 bits per heavy atom. The SMILES string of the molecule is C[C@H](NC(=O)/C=C/c1ccccc1)C(=O)Nc1cccc(C#N)c1. The smallest absolute Gasteiger partial charge is 0.246 e. The highest BCUT2D eigenvalue weighted by atomic mass is 16.2. The summed E-state index contributed by atoms with van der Waals surface area (Å²) in [6.07, 6.45) is 3.06. The standard InChI is InChI=1S/C19H17N3O2/c1-14(19(24)22-17-9-5-8-16(12-17)13-20)21-18(23)11-10-15-6-3-2-4-7-15/h2-12,14H,1H3,(H,21,23)(H,22,24)/b11-10+/t14-/m0/s1. The summed E-state index contributed by atoms with van der Waals surface area (Å²) < 4.78 is 0. The van der Waals surface area contributed by atoms with Crippen LogP contribution in [-0.4, -0.2) is 17.9 Å². The molecule has 0 saturated heterocycles. The van der Waals surface area contributed by atoms with Gasteiger partial charge in [0, 0.05) is 11.8 Å². The molecule has 0 radical (unpaired) electrons. The van der Waals surface area contributed by atoms with Crippen molar-refractivity contribution in [1.82, 2.24) is 5.32 Å². The van der Waals surface area contributed by atoms with Crippen molar-refractivity contribution >= 4 is 23.6 Å². The fourth-order valence-corrected chi connectivity index (χ4v) is 1.98. The van der Waals surface area contributed by atoms with E-state index in [1.165, 1.54) is 6.08 Å². The molecule has 5 nitrogen and oxygen atoms in total. The van der Waals surface area contributed by atoms with Crippen LogP contribution in [0.2, 0.25) is 0 Å². The van der Waals surface area contributed by atoms with Gasteiger partial charge in [-0.3, -0.25) is 9.59 Å². The number of amides is 2. The highest BCUT2D eigenvalue weighted by Gasteiger charge is 2.14. The molecule has 0 heterocycles. The van der Waals surface area contributed by atoms with E-state index in [9.17, 15) is 9.59 Å². The predicted octanol–water partition coefficient (Wildman–Crippen LogP) is 2.71. The van der Waals surface area contributed by atoms with Gasteiger partial charge in [-0.25, -0.2) is 0 Å². The Balaban J connectivity index is 1.90. The molecule has 2 N–H and O–H groups in total. The van der Waals surface area contributed by atoms with Crippen molar-refractivity contribution in [2.45, 2.75) is 13.0 Å². The van der Waals surface area contributed by atoms with Gasteiger partial charge in [0.1, 0.15) is 6.04 Å². The molecular weight excluding hydrogens is 302 g/mol. The molecule has 2 aromatic carbocycles. The van der Waals surface area contributed by atoms with Crippen molar-refractivity contribution in [3.05, 3.63) is 71.8 Å². The second-order valence-electron chi connectivity index (χ2n) is 5.16. The average Bonchev–Trinajstić information content (AvgIpc) is 2.61. The molecule has 2 amide bonds. The lowest BCUT2D eigenvalue weighted by atomic mass is 10.2. The normalized spacial score (nSPS) is 11.5. The van der Waals surface area contributed by atoms with Crippen molar-refractivity contribution in [2.24, 2.45) is 0 Å². The number of benzene rings is 2. The lowest BCUT2D eigenvalue weighted by molar-refractivity contribution is -0.123. The van der Waals surface area contributed by atoms with Crippen LogP contribution in [0.15, 0.2) is 60.7 Å².